The van der Waals surface area contributed by atoms with Crippen LogP contribution in [0.1, 0.15) is 11.8 Å². The molecule has 1 heterocycles. The first-order valence-electron chi connectivity index (χ1n) is 6.18. The Morgan fingerprint density at radius 1 is 1.33 bits per heavy atom. The summed E-state index contributed by atoms with van der Waals surface area (Å²) in [4.78, 5) is 1.11. The Morgan fingerprint density at radius 2 is 2.10 bits per heavy atom. The Kier molecular flexibility index (Phi) is 5.21. The molecule has 0 bridgehead atoms. The van der Waals surface area contributed by atoms with Crippen LogP contribution in [0, 0.1) is 5.82 Å². The van der Waals surface area contributed by atoms with E-state index in [2.05, 4.69) is 10.0 Å². The van der Waals surface area contributed by atoms with E-state index in [1.54, 1.807) is 11.4 Å². The van der Waals surface area contributed by atoms with Gasteiger partial charge in [0, 0.05) is 16.8 Å². The van der Waals surface area contributed by atoms with Crippen molar-refractivity contribution in [1.29, 1.82) is 0 Å². The van der Waals surface area contributed by atoms with Crippen LogP contribution in [0.15, 0.2) is 34.5 Å². The van der Waals surface area contributed by atoms with E-state index in [9.17, 15) is 12.8 Å². The first kappa shape index (κ1) is 16.2. The van der Waals surface area contributed by atoms with E-state index < -0.39 is 15.8 Å². The van der Waals surface area contributed by atoms with Crippen LogP contribution >= 0.6 is 22.9 Å². The minimum absolute atomic E-state index is 0.131. The fourth-order valence-electron chi connectivity index (χ4n) is 1.62. The van der Waals surface area contributed by atoms with Crippen molar-refractivity contribution < 1.29 is 12.8 Å². The van der Waals surface area contributed by atoms with Crippen molar-refractivity contribution in [3.63, 3.8) is 0 Å². The molecule has 2 N–H and O–H groups in total. The standard InChI is InChI=1S/C13H14ClFN2O2S2/c1-2-16-7-10-6-11(8-20-10)21(18,19)17-9-3-4-13(15)12(14)5-9/h3-6,8,16-17H,2,7H2,1H3. The van der Waals surface area contributed by atoms with Gasteiger partial charge in [-0.1, -0.05) is 18.5 Å². The summed E-state index contributed by atoms with van der Waals surface area (Å²) in [6.07, 6.45) is 0. The van der Waals surface area contributed by atoms with E-state index in [-0.39, 0.29) is 15.6 Å². The van der Waals surface area contributed by atoms with Crippen LogP contribution in [0.5, 0.6) is 0 Å². The number of hydrogen-bond acceptors (Lipinski definition) is 4. The number of nitrogens with one attached hydrogen (secondary N) is 2. The van der Waals surface area contributed by atoms with Crippen molar-refractivity contribution in [2.24, 2.45) is 0 Å². The summed E-state index contributed by atoms with van der Waals surface area (Å²) in [7, 11) is -3.70. The van der Waals surface area contributed by atoms with Crippen LogP contribution in [0.2, 0.25) is 5.02 Å². The molecule has 0 spiro atoms. The summed E-state index contributed by atoms with van der Waals surface area (Å²) >= 11 is 7.00. The van der Waals surface area contributed by atoms with Gasteiger partial charge >= 0.3 is 0 Å². The topological polar surface area (TPSA) is 58.2 Å². The summed E-state index contributed by atoms with van der Waals surface area (Å²) in [6, 6.07) is 5.29. The summed E-state index contributed by atoms with van der Waals surface area (Å²) in [6.45, 7) is 3.41. The van der Waals surface area contributed by atoms with Crippen LogP contribution in [0.25, 0.3) is 0 Å². The molecule has 0 aliphatic rings. The lowest BCUT2D eigenvalue weighted by atomic mass is 10.3. The van der Waals surface area contributed by atoms with Gasteiger partial charge in [0.05, 0.1) is 15.6 Å². The van der Waals surface area contributed by atoms with E-state index in [1.807, 2.05) is 6.92 Å². The molecule has 0 aliphatic carbocycles. The van der Waals surface area contributed by atoms with Gasteiger partial charge in [-0.25, -0.2) is 12.8 Å². The van der Waals surface area contributed by atoms with E-state index in [0.717, 1.165) is 17.5 Å². The number of hydrogen-bond donors (Lipinski definition) is 2. The van der Waals surface area contributed by atoms with Crippen molar-refractivity contribution in [2.75, 3.05) is 11.3 Å². The largest absolute Gasteiger partial charge is 0.312 e. The summed E-state index contributed by atoms with van der Waals surface area (Å²) in [5.41, 5.74) is 0.223. The van der Waals surface area contributed by atoms with Crippen LogP contribution in [0.4, 0.5) is 10.1 Å². The fourth-order valence-corrected chi connectivity index (χ4v) is 4.09. The summed E-state index contributed by atoms with van der Waals surface area (Å²) in [5, 5.41) is 4.57. The zero-order valence-electron chi connectivity index (χ0n) is 11.2. The molecule has 114 valence electrons. The molecule has 21 heavy (non-hydrogen) atoms. The number of rotatable bonds is 6. The molecule has 0 aliphatic heterocycles. The highest BCUT2D eigenvalue weighted by Crippen LogP contribution is 2.24. The molecule has 0 atom stereocenters. The molecule has 0 saturated heterocycles. The minimum Gasteiger partial charge on any atom is -0.312 e. The molecule has 8 heteroatoms. The maximum atomic E-state index is 13.1. The molecule has 1 aromatic heterocycles. The predicted octanol–water partition coefficient (Wildman–Crippen LogP) is 3.45. The molecule has 0 saturated carbocycles. The molecule has 2 aromatic rings. The number of halogens is 2. The van der Waals surface area contributed by atoms with Crippen molar-refractivity contribution >= 4 is 38.6 Å². The minimum atomic E-state index is -3.70. The second-order valence-electron chi connectivity index (χ2n) is 4.26. The molecule has 0 radical (unpaired) electrons. The number of benzene rings is 1. The smallest absolute Gasteiger partial charge is 0.262 e. The van der Waals surface area contributed by atoms with E-state index in [4.69, 9.17) is 11.6 Å². The zero-order chi connectivity index (χ0) is 15.5. The van der Waals surface area contributed by atoms with Crippen molar-refractivity contribution in [3.05, 3.63) is 45.4 Å². The van der Waals surface area contributed by atoms with E-state index in [0.29, 0.717) is 6.54 Å². The highest BCUT2D eigenvalue weighted by molar-refractivity contribution is 7.92. The van der Waals surface area contributed by atoms with Crippen molar-refractivity contribution in [1.82, 2.24) is 5.32 Å². The van der Waals surface area contributed by atoms with Crippen molar-refractivity contribution in [2.45, 2.75) is 18.4 Å². The van der Waals surface area contributed by atoms with Gasteiger partial charge in [-0.05, 0) is 30.8 Å². The van der Waals surface area contributed by atoms with E-state index in [1.165, 1.54) is 23.5 Å². The third kappa shape index (κ3) is 4.16. The molecule has 2 rings (SSSR count). The van der Waals surface area contributed by atoms with Gasteiger partial charge in [-0.15, -0.1) is 11.3 Å². The maximum absolute atomic E-state index is 13.1. The third-order valence-corrected chi connectivity index (χ3v) is 5.40. The quantitative estimate of drug-likeness (QED) is 0.840. The van der Waals surface area contributed by atoms with Gasteiger partial charge < -0.3 is 5.32 Å². The van der Waals surface area contributed by atoms with Crippen LogP contribution < -0.4 is 10.0 Å². The molecule has 1 aromatic carbocycles. The average molecular weight is 349 g/mol. The molecular weight excluding hydrogens is 335 g/mol. The first-order valence-corrected chi connectivity index (χ1v) is 8.92. The Morgan fingerprint density at radius 3 is 2.76 bits per heavy atom. The molecule has 0 unspecified atom stereocenters. The van der Waals surface area contributed by atoms with Gasteiger partial charge in [-0.2, -0.15) is 0 Å². The second kappa shape index (κ2) is 6.74. The lowest BCUT2D eigenvalue weighted by Crippen LogP contribution is -2.13. The lowest BCUT2D eigenvalue weighted by Gasteiger charge is -2.07. The van der Waals surface area contributed by atoms with Gasteiger partial charge in [0.1, 0.15) is 5.82 Å². The molecule has 0 fully saturated rings. The predicted molar refractivity (Wildman–Crippen MR) is 83.9 cm³/mol. The van der Waals surface area contributed by atoms with E-state index >= 15 is 0 Å². The van der Waals surface area contributed by atoms with Crippen molar-refractivity contribution in [3.8, 4) is 0 Å². The average Bonchev–Trinajstić information content (AvgIpc) is 2.90. The van der Waals surface area contributed by atoms with Gasteiger partial charge in [0.25, 0.3) is 10.0 Å². The Balaban J connectivity index is 2.17. The summed E-state index contributed by atoms with van der Waals surface area (Å²) < 4.78 is 39.9. The highest BCUT2D eigenvalue weighted by Gasteiger charge is 2.17. The monoisotopic (exact) mass is 348 g/mol. The first-order chi connectivity index (χ1) is 9.92. The Bertz CT molecular complexity index is 732. The number of sulfonamides is 1. The summed E-state index contributed by atoms with van der Waals surface area (Å²) in [5.74, 6) is -0.594. The third-order valence-electron chi connectivity index (χ3n) is 2.66. The SMILES string of the molecule is CCNCc1cc(S(=O)(=O)Nc2ccc(F)c(Cl)c2)cs1. The van der Waals surface area contributed by atoms with Gasteiger partial charge in [-0.3, -0.25) is 4.72 Å². The number of thiophene rings is 1. The maximum Gasteiger partial charge on any atom is 0.262 e. The molecule has 4 nitrogen and oxygen atoms in total. The Labute approximate surface area is 132 Å². The van der Waals surface area contributed by atoms with Gasteiger partial charge in [0.15, 0.2) is 0 Å². The second-order valence-corrected chi connectivity index (χ2v) is 7.35. The fraction of sp³-hybridized carbons (Fsp3) is 0.231. The van der Waals surface area contributed by atoms with Crippen LogP contribution in [-0.4, -0.2) is 15.0 Å². The molecule has 0 amide bonds. The van der Waals surface area contributed by atoms with Crippen LogP contribution in [0.3, 0.4) is 0 Å². The Hall–Kier alpha value is -1.15. The normalized spacial score (nSPS) is 11.6. The molecular formula is C13H14ClFN2O2S2. The zero-order valence-corrected chi connectivity index (χ0v) is 13.6. The number of anilines is 1. The highest BCUT2D eigenvalue weighted by atomic mass is 35.5. The lowest BCUT2D eigenvalue weighted by molar-refractivity contribution is 0.601. The van der Waals surface area contributed by atoms with Gasteiger partial charge in [0.2, 0.25) is 0 Å². The van der Waals surface area contributed by atoms with Crippen LogP contribution in [-0.2, 0) is 16.6 Å².